The molecule has 1 aromatic carbocycles. The maximum Gasteiger partial charge on any atom is 0.255 e. The highest BCUT2D eigenvalue weighted by atomic mass is 16.7. The highest BCUT2D eigenvalue weighted by molar-refractivity contribution is 5.96. The molecule has 0 saturated heterocycles. The van der Waals surface area contributed by atoms with E-state index in [4.69, 9.17) is 9.47 Å². The van der Waals surface area contributed by atoms with Crippen LogP contribution in [-0.2, 0) is 9.47 Å². The zero-order valence-corrected chi connectivity index (χ0v) is 11.6. The summed E-state index contributed by atoms with van der Waals surface area (Å²) in [4.78, 5) is 11.9. The Labute approximate surface area is 113 Å². The van der Waals surface area contributed by atoms with Crippen LogP contribution in [0.25, 0.3) is 0 Å². The maximum atomic E-state index is 11.9. The van der Waals surface area contributed by atoms with Crippen molar-refractivity contribution < 1.29 is 19.4 Å². The normalized spacial score (nSPS) is 10.7. The van der Waals surface area contributed by atoms with Crippen molar-refractivity contribution in [3.8, 4) is 5.75 Å². The van der Waals surface area contributed by atoms with Gasteiger partial charge in [-0.15, -0.1) is 0 Å². The molecule has 0 atom stereocenters. The van der Waals surface area contributed by atoms with Crippen molar-refractivity contribution in [2.45, 2.75) is 27.1 Å². The Morgan fingerprint density at radius 1 is 1.32 bits per heavy atom. The molecule has 106 valence electrons. The van der Waals surface area contributed by atoms with Crippen molar-refractivity contribution >= 4 is 5.91 Å². The SMILES string of the molecule is CCOC(CNC(=O)c1cc(C)ccc1O)OCC. The molecule has 1 rings (SSSR count). The van der Waals surface area contributed by atoms with E-state index < -0.39 is 6.29 Å². The van der Waals surface area contributed by atoms with Crippen LogP contribution in [0.3, 0.4) is 0 Å². The molecule has 0 bridgehead atoms. The van der Waals surface area contributed by atoms with Gasteiger partial charge in [0, 0.05) is 13.2 Å². The van der Waals surface area contributed by atoms with E-state index in [1.807, 2.05) is 20.8 Å². The number of hydrogen-bond donors (Lipinski definition) is 2. The number of aromatic hydroxyl groups is 1. The fraction of sp³-hybridized carbons (Fsp3) is 0.500. The number of phenolic OH excluding ortho intramolecular Hbond substituents is 1. The number of carbonyl (C=O) groups excluding carboxylic acids is 1. The lowest BCUT2D eigenvalue weighted by Crippen LogP contribution is -2.35. The van der Waals surface area contributed by atoms with Gasteiger partial charge in [-0.05, 0) is 32.9 Å². The summed E-state index contributed by atoms with van der Waals surface area (Å²) in [5.41, 5.74) is 1.17. The summed E-state index contributed by atoms with van der Waals surface area (Å²) >= 11 is 0. The first-order valence-electron chi connectivity index (χ1n) is 6.39. The van der Waals surface area contributed by atoms with E-state index >= 15 is 0 Å². The Kier molecular flexibility index (Phi) is 6.32. The molecule has 2 N–H and O–H groups in total. The molecule has 0 aromatic heterocycles. The zero-order valence-electron chi connectivity index (χ0n) is 11.6. The average Bonchev–Trinajstić information content (AvgIpc) is 2.39. The van der Waals surface area contributed by atoms with Gasteiger partial charge in [0.1, 0.15) is 5.75 Å². The van der Waals surface area contributed by atoms with Crippen LogP contribution in [0, 0.1) is 6.92 Å². The van der Waals surface area contributed by atoms with Crippen molar-refractivity contribution in [2.24, 2.45) is 0 Å². The predicted molar refractivity (Wildman–Crippen MR) is 72.2 cm³/mol. The molecule has 0 heterocycles. The molecule has 0 unspecified atom stereocenters. The lowest BCUT2D eigenvalue weighted by Gasteiger charge is -2.17. The van der Waals surface area contributed by atoms with E-state index in [-0.39, 0.29) is 23.8 Å². The summed E-state index contributed by atoms with van der Waals surface area (Å²) in [6, 6.07) is 4.89. The van der Waals surface area contributed by atoms with Crippen molar-refractivity contribution in [1.82, 2.24) is 5.32 Å². The van der Waals surface area contributed by atoms with Gasteiger partial charge in [0.15, 0.2) is 6.29 Å². The van der Waals surface area contributed by atoms with Gasteiger partial charge in [0.2, 0.25) is 0 Å². The number of hydrogen-bond acceptors (Lipinski definition) is 4. The smallest absolute Gasteiger partial charge is 0.255 e. The molecular weight excluding hydrogens is 246 g/mol. The number of aryl methyl sites for hydroxylation is 1. The highest BCUT2D eigenvalue weighted by Gasteiger charge is 2.14. The van der Waals surface area contributed by atoms with E-state index in [0.29, 0.717) is 13.2 Å². The van der Waals surface area contributed by atoms with Gasteiger partial charge in [-0.2, -0.15) is 0 Å². The molecule has 0 saturated carbocycles. The van der Waals surface area contributed by atoms with Gasteiger partial charge in [0.25, 0.3) is 5.91 Å². The van der Waals surface area contributed by atoms with E-state index in [9.17, 15) is 9.90 Å². The Bertz CT molecular complexity index is 414. The summed E-state index contributed by atoms with van der Waals surface area (Å²) in [5.74, 6) is -0.377. The van der Waals surface area contributed by atoms with Crippen molar-refractivity contribution in [3.63, 3.8) is 0 Å². The molecule has 0 aliphatic carbocycles. The van der Waals surface area contributed by atoms with Gasteiger partial charge in [-0.1, -0.05) is 11.6 Å². The highest BCUT2D eigenvalue weighted by Crippen LogP contribution is 2.17. The third-order valence-electron chi connectivity index (χ3n) is 2.53. The summed E-state index contributed by atoms with van der Waals surface area (Å²) in [5, 5.41) is 12.3. The van der Waals surface area contributed by atoms with Gasteiger partial charge in [-0.25, -0.2) is 0 Å². The number of rotatable bonds is 7. The molecule has 5 nitrogen and oxygen atoms in total. The number of nitrogens with one attached hydrogen (secondary N) is 1. The Balaban J connectivity index is 2.61. The quantitative estimate of drug-likeness (QED) is 0.740. The molecule has 0 aliphatic rings. The van der Waals surface area contributed by atoms with E-state index in [1.54, 1.807) is 12.1 Å². The van der Waals surface area contributed by atoms with Crippen molar-refractivity contribution in [1.29, 1.82) is 0 Å². The van der Waals surface area contributed by atoms with E-state index in [1.165, 1.54) is 6.07 Å². The first-order chi connectivity index (χ1) is 9.08. The minimum Gasteiger partial charge on any atom is -0.507 e. The summed E-state index contributed by atoms with van der Waals surface area (Å²) in [6.45, 7) is 6.85. The lowest BCUT2D eigenvalue weighted by molar-refractivity contribution is -0.131. The van der Waals surface area contributed by atoms with Crippen LogP contribution in [0.1, 0.15) is 29.8 Å². The molecule has 0 spiro atoms. The summed E-state index contributed by atoms with van der Waals surface area (Å²) < 4.78 is 10.6. The summed E-state index contributed by atoms with van der Waals surface area (Å²) in [7, 11) is 0. The zero-order chi connectivity index (χ0) is 14.3. The molecule has 19 heavy (non-hydrogen) atoms. The number of benzene rings is 1. The van der Waals surface area contributed by atoms with Gasteiger partial charge >= 0.3 is 0 Å². The third kappa shape index (κ3) is 4.89. The second-order valence-electron chi connectivity index (χ2n) is 4.07. The number of amides is 1. The van der Waals surface area contributed by atoms with Crippen LogP contribution in [-0.4, -0.2) is 37.1 Å². The number of carbonyl (C=O) groups is 1. The van der Waals surface area contributed by atoms with Crippen LogP contribution in [0.15, 0.2) is 18.2 Å². The largest absolute Gasteiger partial charge is 0.507 e. The molecule has 1 amide bonds. The fourth-order valence-electron chi connectivity index (χ4n) is 1.64. The second kappa shape index (κ2) is 7.76. The van der Waals surface area contributed by atoms with E-state index in [2.05, 4.69) is 5.32 Å². The van der Waals surface area contributed by atoms with Crippen molar-refractivity contribution in [2.75, 3.05) is 19.8 Å². The van der Waals surface area contributed by atoms with Crippen LogP contribution in [0.2, 0.25) is 0 Å². The molecular formula is C14H21NO4. The number of ether oxygens (including phenoxy) is 2. The van der Waals surface area contributed by atoms with Gasteiger partial charge in [-0.3, -0.25) is 4.79 Å². The van der Waals surface area contributed by atoms with Crippen LogP contribution >= 0.6 is 0 Å². The van der Waals surface area contributed by atoms with Crippen LogP contribution in [0.5, 0.6) is 5.75 Å². The lowest BCUT2D eigenvalue weighted by atomic mass is 10.1. The summed E-state index contributed by atoms with van der Waals surface area (Å²) in [6.07, 6.45) is -0.467. The standard InChI is InChI=1S/C14H21NO4/c1-4-18-13(19-5-2)9-15-14(17)11-8-10(3)6-7-12(11)16/h6-8,13,16H,4-5,9H2,1-3H3,(H,15,17). The second-order valence-corrected chi connectivity index (χ2v) is 4.07. The molecule has 0 radical (unpaired) electrons. The van der Waals surface area contributed by atoms with E-state index in [0.717, 1.165) is 5.56 Å². The molecule has 1 aromatic rings. The fourth-order valence-corrected chi connectivity index (χ4v) is 1.64. The minimum absolute atomic E-state index is 0.0348. The Hall–Kier alpha value is -1.59. The molecule has 0 aliphatic heterocycles. The van der Waals surface area contributed by atoms with Crippen LogP contribution < -0.4 is 5.32 Å². The average molecular weight is 267 g/mol. The Morgan fingerprint density at radius 2 is 1.95 bits per heavy atom. The third-order valence-corrected chi connectivity index (χ3v) is 2.53. The Morgan fingerprint density at radius 3 is 2.53 bits per heavy atom. The monoisotopic (exact) mass is 267 g/mol. The topological polar surface area (TPSA) is 67.8 Å². The minimum atomic E-state index is -0.467. The predicted octanol–water partition coefficient (Wildman–Crippen LogP) is 1.83. The first kappa shape index (κ1) is 15.5. The molecule has 5 heteroatoms. The van der Waals surface area contributed by atoms with Gasteiger partial charge in [0.05, 0.1) is 12.1 Å². The maximum absolute atomic E-state index is 11.9. The van der Waals surface area contributed by atoms with Crippen molar-refractivity contribution in [3.05, 3.63) is 29.3 Å². The van der Waals surface area contributed by atoms with Gasteiger partial charge < -0.3 is 19.9 Å². The van der Waals surface area contributed by atoms with Crippen LogP contribution in [0.4, 0.5) is 0 Å². The first-order valence-corrected chi connectivity index (χ1v) is 6.39. The number of phenols is 1. The molecule has 0 fully saturated rings.